The molecule has 7 heteroatoms. The number of rotatable bonds is 6. The maximum atomic E-state index is 12.6. The van der Waals surface area contributed by atoms with E-state index in [1.807, 2.05) is 40.7 Å². The van der Waals surface area contributed by atoms with Crippen LogP contribution in [0.2, 0.25) is 0 Å². The van der Waals surface area contributed by atoms with Gasteiger partial charge in [0.25, 0.3) is 0 Å². The third kappa shape index (κ3) is 6.58. The van der Waals surface area contributed by atoms with E-state index in [4.69, 9.17) is 0 Å². The Morgan fingerprint density at radius 1 is 1.09 bits per heavy atom. The number of nitrogens with zero attached hydrogens (tertiary/aromatic N) is 1. The van der Waals surface area contributed by atoms with Gasteiger partial charge in [-0.05, 0) is 46.2 Å². The van der Waals surface area contributed by atoms with E-state index in [0.717, 1.165) is 13.1 Å². The zero-order valence-corrected chi connectivity index (χ0v) is 15.4. The van der Waals surface area contributed by atoms with Crippen molar-refractivity contribution in [2.45, 2.75) is 51.6 Å². The normalized spacial score (nSPS) is 11.9. The molecule has 3 N–H and O–H groups in total. The second-order valence-corrected chi connectivity index (χ2v) is 7.84. The van der Waals surface area contributed by atoms with Crippen LogP contribution in [0.4, 0.5) is 0 Å². The predicted octanol–water partition coefficient (Wildman–Crippen LogP) is 1.84. The van der Waals surface area contributed by atoms with Gasteiger partial charge in [-0.15, -0.1) is 0 Å². The molecule has 0 radical (unpaired) electrons. The standard InChI is InChI=1S/C16H28N4O2S/c1-6-17-15(18-7-2)19-12-13-10-8-9-11-14(13)23(21,22)20-16(3,4)5/h8-11,20H,6-7,12H2,1-5H3,(H2,17,18,19). The molecule has 23 heavy (non-hydrogen) atoms. The number of sulfonamides is 1. The van der Waals surface area contributed by atoms with Crippen molar-refractivity contribution in [3.63, 3.8) is 0 Å². The summed E-state index contributed by atoms with van der Waals surface area (Å²) in [4.78, 5) is 4.72. The van der Waals surface area contributed by atoms with Crippen LogP contribution in [-0.2, 0) is 16.6 Å². The summed E-state index contributed by atoms with van der Waals surface area (Å²) in [5.74, 6) is 0.672. The number of benzene rings is 1. The van der Waals surface area contributed by atoms with Crippen molar-refractivity contribution in [3.8, 4) is 0 Å². The second-order valence-electron chi connectivity index (χ2n) is 6.19. The fourth-order valence-corrected chi connectivity index (χ4v) is 3.68. The molecule has 130 valence electrons. The van der Waals surface area contributed by atoms with E-state index in [9.17, 15) is 8.42 Å². The molecule has 6 nitrogen and oxygen atoms in total. The summed E-state index contributed by atoms with van der Waals surface area (Å²) in [5.41, 5.74) is 0.131. The highest BCUT2D eigenvalue weighted by molar-refractivity contribution is 7.89. The predicted molar refractivity (Wildman–Crippen MR) is 95.0 cm³/mol. The van der Waals surface area contributed by atoms with E-state index in [1.54, 1.807) is 18.2 Å². The Labute approximate surface area is 139 Å². The molecule has 1 aromatic rings. The summed E-state index contributed by atoms with van der Waals surface area (Å²) >= 11 is 0. The van der Waals surface area contributed by atoms with Crippen molar-refractivity contribution >= 4 is 16.0 Å². The molecule has 0 saturated carbocycles. The molecule has 0 aromatic heterocycles. The van der Waals surface area contributed by atoms with Gasteiger partial charge in [-0.25, -0.2) is 18.1 Å². The first-order valence-electron chi connectivity index (χ1n) is 7.83. The fourth-order valence-electron chi connectivity index (χ4n) is 2.03. The van der Waals surface area contributed by atoms with Crippen molar-refractivity contribution in [3.05, 3.63) is 29.8 Å². The van der Waals surface area contributed by atoms with Crippen molar-refractivity contribution in [2.24, 2.45) is 4.99 Å². The Bertz CT molecular complexity index is 626. The molecule has 0 aliphatic carbocycles. The number of guanidine groups is 1. The largest absolute Gasteiger partial charge is 0.357 e. The van der Waals surface area contributed by atoms with E-state index >= 15 is 0 Å². The SMILES string of the molecule is CCNC(=NCc1ccccc1S(=O)(=O)NC(C)(C)C)NCC. The minimum absolute atomic E-state index is 0.269. The molecule has 0 heterocycles. The average Bonchev–Trinajstić information content (AvgIpc) is 2.43. The molecule has 0 aliphatic heterocycles. The highest BCUT2D eigenvalue weighted by Gasteiger charge is 2.24. The van der Waals surface area contributed by atoms with Crippen LogP contribution in [0.5, 0.6) is 0 Å². The number of nitrogens with one attached hydrogen (secondary N) is 3. The van der Waals surface area contributed by atoms with Crippen molar-refractivity contribution < 1.29 is 8.42 Å². The number of hydrogen-bond donors (Lipinski definition) is 3. The van der Waals surface area contributed by atoms with Crippen LogP contribution in [0.15, 0.2) is 34.2 Å². The van der Waals surface area contributed by atoms with Gasteiger partial charge in [-0.2, -0.15) is 0 Å². The van der Waals surface area contributed by atoms with Gasteiger partial charge in [-0.1, -0.05) is 18.2 Å². The van der Waals surface area contributed by atoms with E-state index < -0.39 is 15.6 Å². The lowest BCUT2D eigenvalue weighted by atomic mass is 10.1. The summed E-state index contributed by atoms with van der Waals surface area (Å²) in [6, 6.07) is 6.94. The smallest absolute Gasteiger partial charge is 0.241 e. The summed E-state index contributed by atoms with van der Waals surface area (Å²) < 4.78 is 27.8. The van der Waals surface area contributed by atoms with Crippen LogP contribution in [0.1, 0.15) is 40.2 Å². The number of aliphatic imine (C=N–C) groups is 1. The van der Waals surface area contributed by atoms with Crippen LogP contribution in [-0.4, -0.2) is 33.0 Å². The van der Waals surface area contributed by atoms with Gasteiger partial charge in [0.1, 0.15) is 0 Å². The average molecular weight is 340 g/mol. The maximum absolute atomic E-state index is 12.6. The summed E-state index contributed by atoms with van der Waals surface area (Å²) in [5, 5.41) is 6.25. The van der Waals surface area contributed by atoms with Gasteiger partial charge in [-0.3, -0.25) is 0 Å². The van der Waals surface area contributed by atoms with Gasteiger partial charge < -0.3 is 10.6 Å². The summed E-state index contributed by atoms with van der Waals surface area (Å²) in [6.07, 6.45) is 0. The Morgan fingerprint density at radius 2 is 1.65 bits per heavy atom. The first kappa shape index (κ1) is 19.4. The Morgan fingerprint density at radius 3 is 2.17 bits per heavy atom. The third-order valence-electron chi connectivity index (χ3n) is 2.80. The zero-order valence-electron chi connectivity index (χ0n) is 14.6. The lowest BCUT2D eigenvalue weighted by Crippen LogP contribution is -2.40. The van der Waals surface area contributed by atoms with Gasteiger partial charge in [0.05, 0.1) is 11.4 Å². The molecule has 1 aromatic carbocycles. The molecule has 0 spiro atoms. The molecule has 0 aliphatic rings. The monoisotopic (exact) mass is 340 g/mol. The Balaban J connectivity index is 3.08. The van der Waals surface area contributed by atoms with Crippen LogP contribution in [0.25, 0.3) is 0 Å². The van der Waals surface area contributed by atoms with Crippen molar-refractivity contribution in [1.29, 1.82) is 0 Å². The molecule has 0 fully saturated rings. The molecule has 0 atom stereocenters. The summed E-state index contributed by atoms with van der Waals surface area (Å²) in [7, 11) is -3.58. The molecule has 0 bridgehead atoms. The lowest BCUT2D eigenvalue weighted by molar-refractivity contribution is 0.491. The second kappa shape index (κ2) is 8.31. The maximum Gasteiger partial charge on any atom is 0.241 e. The quantitative estimate of drug-likeness (QED) is 0.545. The zero-order chi connectivity index (χ0) is 17.5. The molecule has 0 unspecified atom stereocenters. The van der Waals surface area contributed by atoms with Crippen LogP contribution in [0.3, 0.4) is 0 Å². The molecule has 0 saturated heterocycles. The van der Waals surface area contributed by atoms with Crippen LogP contribution >= 0.6 is 0 Å². The Hall–Kier alpha value is -1.60. The molecule has 1 rings (SSSR count). The van der Waals surface area contributed by atoms with Gasteiger partial charge in [0.15, 0.2) is 5.96 Å². The third-order valence-corrected chi connectivity index (χ3v) is 4.66. The van der Waals surface area contributed by atoms with Crippen molar-refractivity contribution in [2.75, 3.05) is 13.1 Å². The van der Waals surface area contributed by atoms with E-state index in [-0.39, 0.29) is 11.4 Å². The lowest BCUT2D eigenvalue weighted by Gasteiger charge is -2.21. The summed E-state index contributed by atoms with van der Waals surface area (Å²) in [6.45, 7) is 11.2. The van der Waals surface area contributed by atoms with E-state index in [1.165, 1.54) is 0 Å². The van der Waals surface area contributed by atoms with Crippen LogP contribution in [0, 0.1) is 0 Å². The first-order valence-corrected chi connectivity index (χ1v) is 9.32. The molecular weight excluding hydrogens is 312 g/mol. The number of hydrogen-bond acceptors (Lipinski definition) is 3. The minimum Gasteiger partial charge on any atom is -0.357 e. The fraction of sp³-hybridized carbons (Fsp3) is 0.562. The topological polar surface area (TPSA) is 82.6 Å². The first-order chi connectivity index (χ1) is 10.7. The van der Waals surface area contributed by atoms with Gasteiger partial charge in [0, 0.05) is 18.6 Å². The van der Waals surface area contributed by atoms with E-state index in [0.29, 0.717) is 11.5 Å². The molecule has 0 amide bonds. The van der Waals surface area contributed by atoms with Crippen molar-refractivity contribution in [1.82, 2.24) is 15.4 Å². The Kier molecular flexibility index (Phi) is 7.02. The minimum atomic E-state index is -3.58. The van der Waals surface area contributed by atoms with E-state index in [2.05, 4.69) is 20.3 Å². The van der Waals surface area contributed by atoms with Gasteiger partial charge in [0.2, 0.25) is 10.0 Å². The molecular formula is C16H28N4O2S. The highest BCUT2D eigenvalue weighted by Crippen LogP contribution is 2.18. The van der Waals surface area contributed by atoms with Crippen LogP contribution < -0.4 is 15.4 Å². The highest BCUT2D eigenvalue weighted by atomic mass is 32.2. The van der Waals surface area contributed by atoms with Gasteiger partial charge >= 0.3 is 0 Å².